The largest absolute Gasteiger partial charge is 0.206 e. The molecule has 0 radical (unpaired) electrons. The summed E-state index contributed by atoms with van der Waals surface area (Å²) in [5, 5.41) is -0.266. The molecule has 2 rings (SSSR count). The second-order valence-corrected chi connectivity index (χ2v) is 5.98. The van der Waals surface area contributed by atoms with Crippen LogP contribution in [0.2, 0.25) is 0 Å². The zero-order chi connectivity index (χ0) is 13.1. The Bertz CT molecular complexity index is 542. The van der Waals surface area contributed by atoms with Crippen LogP contribution in [0.15, 0.2) is 51.8 Å². The van der Waals surface area contributed by atoms with E-state index in [4.69, 9.17) is 11.6 Å². The Balaban J connectivity index is 2.28. The lowest BCUT2D eigenvalue weighted by Gasteiger charge is -2.11. The molecule has 2 aromatic rings. The Labute approximate surface area is 124 Å². The molecule has 0 fully saturated rings. The van der Waals surface area contributed by atoms with Gasteiger partial charge in [-0.3, -0.25) is 0 Å². The van der Waals surface area contributed by atoms with Gasteiger partial charge in [-0.2, -0.15) is 0 Å². The second kappa shape index (κ2) is 6.09. The van der Waals surface area contributed by atoms with Crippen molar-refractivity contribution in [2.45, 2.75) is 10.3 Å². The Morgan fingerprint density at radius 2 is 1.72 bits per heavy atom. The maximum atomic E-state index is 13.2. The van der Waals surface area contributed by atoms with Crippen molar-refractivity contribution in [2.24, 2.45) is 0 Å². The molecule has 94 valence electrons. The van der Waals surface area contributed by atoms with Gasteiger partial charge < -0.3 is 0 Å². The normalized spacial score (nSPS) is 12.4. The standard InChI is InChI=1S/C14H11BrClFS/c1-18-11-5-2-9(3-6-11)14(16)10-4-7-13(17)12(15)8-10/h2-8,14H,1H3. The molecule has 1 atom stereocenters. The first-order valence-corrected chi connectivity index (χ1v) is 7.80. The molecule has 0 N–H and O–H groups in total. The van der Waals surface area contributed by atoms with E-state index in [1.807, 2.05) is 30.5 Å². The third kappa shape index (κ3) is 3.08. The lowest BCUT2D eigenvalue weighted by Crippen LogP contribution is -1.94. The summed E-state index contributed by atoms with van der Waals surface area (Å²) in [5.41, 5.74) is 1.88. The number of hydrogen-bond donors (Lipinski definition) is 0. The fraction of sp³-hybridized carbons (Fsp3) is 0.143. The van der Waals surface area contributed by atoms with Gasteiger partial charge in [0.05, 0.1) is 9.85 Å². The highest BCUT2D eigenvalue weighted by molar-refractivity contribution is 9.10. The van der Waals surface area contributed by atoms with E-state index in [1.54, 1.807) is 23.9 Å². The van der Waals surface area contributed by atoms with Crippen molar-refractivity contribution >= 4 is 39.3 Å². The summed E-state index contributed by atoms with van der Waals surface area (Å²) < 4.78 is 13.6. The maximum Gasteiger partial charge on any atom is 0.137 e. The first kappa shape index (κ1) is 13.9. The lowest BCUT2D eigenvalue weighted by atomic mass is 10.0. The average Bonchev–Trinajstić information content (AvgIpc) is 2.41. The van der Waals surface area contributed by atoms with Gasteiger partial charge in [0.25, 0.3) is 0 Å². The van der Waals surface area contributed by atoms with Gasteiger partial charge in [-0.05, 0) is 57.6 Å². The number of halogens is 3. The Hall–Kier alpha value is -0.510. The Morgan fingerprint density at radius 3 is 2.28 bits per heavy atom. The number of thioether (sulfide) groups is 1. The van der Waals surface area contributed by atoms with Crippen molar-refractivity contribution in [3.8, 4) is 0 Å². The quantitative estimate of drug-likeness (QED) is 0.512. The van der Waals surface area contributed by atoms with Gasteiger partial charge in [-0.1, -0.05) is 18.2 Å². The molecule has 0 amide bonds. The summed E-state index contributed by atoms with van der Waals surface area (Å²) in [6.45, 7) is 0. The summed E-state index contributed by atoms with van der Waals surface area (Å²) in [5.74, 6) is -0.277. The van der Waals surface area contributed by atoms with Gasteiger partial charge in [0.15, 0.2) is 0 Å². The minimum absolute atomic E-state index is 0.266. The maximum absolute atomic E-state index is 13.2. The van der Waals surface area contributed by atoms with Gasteiger partial charge in [-0.15, -0.1) is 23.4 Å². The van der Waals surface area contributed by atoms with Crippen LogP contribution < -0.4 is 0 Å². The van der Waals surface area contributed by atoms with Crippen LogP contribution in [0.5, 0.6) is 0 Å². The SMILES string of the molecule is CSc1ccc(C(Cl)c2ccc(F)c(Br)c2)cc1. The van der Waals surface area contributed by atoms with E-state index >= 15 is 0 Å². The molecule has 0 aliphatic carbocycles. The van der Waals surface area contributed by atoms with E-state index in [-0.39, 0.29) is 11.2 Å². The fourth-order valence-corrected chi connectivity index (χ4v) is 2.72. The summed E-state index contributed by atoms with van der Waals surface area (Å²) in [4.78, 5) is 1.20. The van der Waals surface area contributed by atoms with E-state index in [0.29, 0.717) is 4.47 Å². The zero-order valence-corrected chi connectivity index (χ0v) is 12.8. The molecule has 0 heterocycles. The van der Waals surface area contributed by atoms with E-state index in [1.165, 1.54) is 11.0 Å². The molecule has 0 nitrogen and oxygen atoms in total. The highest BCUT2D eigenvalue weighted by Crippen LogP contribution is 2.32. The summed E-state index contributed by atoms with van der Waals surface area (Å²) in [6.07, 6.45) is 2.03. The third-order valence-corrected chi connectivity index (χ3v) is 4.50. The molecule has 0 saturated carbocycles. The predicted molar refractivity (Wildman–Crippen MR) is 80.0 cm³/mol. The lowest BCUT2D eigenvalue weighted by molar-refractivity contribution is 0.620. The first-order chi connectivity index (χ1) is 8.61. The molecule has 18 heavy (non-hydrogen) atoms. The molecular weight excluding hydrogens is 335 g/mol. The van der Waals surface area contributed by atoms with Crippen LogP contribution in [0.1, 0.15) is 16.5 Å². The smallest absolute Gasteiger partial charge is 0.137 e. The highest BCUT2D eigenvalue weighted by atomic mass is 79.9. The van der Waals surface area contributed by atoms with E-state index in [0.717, 1.165) is 11.1 Å². The molecular formula is C14H11BrClFS. The monoisotopic (exact) mass is 344 g/mol. The van der Waals surface area contributed by atoms with Crippen LogP contribution in [-0.2, 0) is 0 Å². The minimum atomic E-state index is -0.277. The predicted octanol–water partition coefficient (Wildman–Crippen LogP) is 5.64. The Kier molecular flexibility index (Phi) is 4.71. The number of rotatable bonds is 3. The van der Waals surface area contributed by atoms with Crippen molar-refractivity contribution < 1.29 is 4.39 Å². The average molecular weight is 346 g/mol. The third-order valence-electron chi connectivity index (χ3n) is 2.64. The van der Waals surface area contributed by atoms with E-state index in [2.05, 4.69) is 15.9 Å². The minimum Gasteiger partial charge on any atom is -0.206 e. The van der Waals surface area contributed by atoms with Crippen LogP contribution in [-0.4, -0.2) is 6.26 Å². The number of hydrogen-bond acceptors (Lipinski definition) is 1. The first-order valence-electron chi connectivity index (χ1n) is 5.35. The van der Waals surface area contributed by atoms with Gasteiger partial charge in [0, 0.05) is 4.90 Å². The number of alkyl halides is 1. The van der Waals surface area contributed by atoms with Crippen molar-refractivity contribution in [2.75, 3.05) is 6.26 Å². The van der Waals surface area contributed by atoms with Crippen molar-refractivity contribution in [1.82, 2.24) is 0 Å². The van der Waals surface area contributed by atoms with Crippen LogP contribution >= 0.6 is 39.3 Å². The van der Waals surface area contributed by atoms with Gasteiger partial charge in [0.1, 0.15) is 5.82 Å². The van der Waals surface area contributed by atoms with Gasteiger partial charge in [-0.25, -0.2) is 4.39 Å². The van der Waals surface area contributed by atoms with Crippen LogP contribution in [0.4, 0.5) is 4.39 Å². The molecule has 0 bridgehead atoms. The van der Waals surface area contributed by atoms with Crippen molar-refractivity contribution in [1.29, 1.82) is 0 Å². The summed E-state index contributed by atoms with van der Waals surface area (Å²) >= 11 is 11.3. The molecule has 0 aliphatic heterocycles. The molecule has 0 aromatic heterocycles. The molecule has 0 spiro atoms. The van der Waals surface area contributed by atoms with Gasteiger partial charge in [0.2, 0.25) is 0 Å². The molecule has 4 heteroatoms. The molecule has 1 unspecified atom stereocenters. The fourth-order valence-electron chi connectivity index (χ4n) is 1.64. The highest BCUT2D eigenvalue weighted by Gasteiger charge is 2.12. The topological polar surface area (TPSA) is 0 Å². The van der Waals surface area contributed by atoms with Crippen molar-refractivity contribution in [3.05, 3.63) is 63.9 Å². The number of benzene rings is 2. The second-order valence-electron chi connectivity index (χ2n) is 3.81. The summed E-state index contributed by atoms with van der Waals surface area (Å²) in [7, 11) is 0. The van der Waals surface area contributed by atoms with E-state index < -0.39 is 0 Å². The van der Waals surface area contributed by atoms with Crippen LogP contribution in [0, 0.1) is 5.82 Å². The molecule has 0 aliphatic rings. The summed E-state index contributed by atoms with van der Waals surface area (Å²) in [6, 6.07) is 12.9. The Morgan fingerprint density at radius 1 is 1.11 bits per heavy atom. The van der Waals surface area contributed by atoms with Crippen molar-refractivity contribution in [3.63, 3.8) is 0 Å². The van der Waals surface area contributed by atoms with Crippen LogP contribution in [0.25, 0.3) is 0 Å². The molecule has 2 aromatic carbocycles. The van der Waals surface area contributed by atoms with Gasteiger partial charge >= 0.3 is 0 Å². The van der Waals surface area contributed by atoms with Crippen LogP contribution in [0.3, 0.4) is 0 Å². The zero-order valence-electron chi connectivity index (χ0n) is 9.66. The van der Waals surface area contributed by atoms with E-state index in [9.17, 15) is 4.39 Å². The molecule has 0 saturated heterocycles.